The van der Waals surface area contributed by atoms with Gasteiger partial charge >= 0.3 is 0 Å². The van der Waals surface area contributed by atoms with E-state index in [1.807, 2.05) is 24.1 Å². The van der Waals surface area contributed by atoms with Gasteiger partial charge in [-0.1, -0.05) is 19.4 Å². The Bertz CT molecular complexity index is 469. The molecular weight excluding hydrogens is 238 g/mol. The third kappa shape index (κ3) is 2.50. The molecule has 0 aromatic carbocycles. The van der Waals surface area contributed by atoms with Crippen molar-refractivity contribution in [1.29, 1.82) is 0 Å². The third-order valence-electron chi connectivity index (χ3n) is 3.91. The molecule has 1 aromatic rings. The fourth-order valence-corrected chi connectivity index (χ4v) is 2.86. The summed E-state index contributed by atoms with van der Waals surface area (Å²) in [5.74, 6) is 0.836. The van der Waals surface area contributed by atoms with Gasteiger partial charge < -0.3 is 0 Å². The van der Waals surface area contributed by atoms with Crippen molar-refractivity contribution in [1.82, 2.24) is 10.2 Å². The highest BCUT2D eigenvalue weighted by atomic mass is 16.7. The fourth-order valence-electron chi connectivity index (χ4n) is 2.86. The molecule has 102 valence electrons. The van der Waals surface area contributed by atoms with Crippen molar-refractivity contribution < 1.29 is 4.84 Å². The first-order valence-electron chi connectivity index (χ1n) is 7.25. The van der Waals surface area contributed by atoms with Gasteiger partial charge in [-0.3, -0.25) is 4.84 Å². The van der Waals surface area contributed by atoms with Gasteiger partial charge in [0.15, 0.2) is 5.82 Å². The molecule has 4 rings (SSSR count). The zero-order valence-corrected chi connectivity index (χ0v) is 11.7. The lowest BCUT2D eigenvalue weighted by molar-refractivity contribution is -0.00355. The highest BCUT2D eigenvalue weighted by molar-refractivity contribution is 5.42. The van der Waals surface area contributed by atoms with Crippen LogP contribution in [0.3, 0.4) is 0 Å². The molecule has 2 aliphatic heterocycles. The summed E-state index contributed by atoms with van der Waals surface area (Å²) in [5, 5.41) is 10.4. The third-order valence-corrected chi connectivity index (χ3v) is 3.91. The molecule has 0 spiro atoms. The van der Waals surface area contributed by atoms with Crippen LogP contribution in [0, 0.1) is 6.92 Å². The standard InChI is InChI=1S/C15H21N3O/c1-3-4-5-12-10-13-7-8-14(12)18(19-13)15-9-6-11(2)16-17-15/h6,9-10,13-14H,3-5,7-8H2,1-2H3. The smallest absolute Gasteiger partial charge is 0.175 e. The van der Waals surface area contributed by atoms with Crippen LogP contribution in [-0.4, -0.2) is 22.3 Å². The summed E-state index contributed by atoms with van der Waals surface area (Å²) in [5.41, 5.74) is 2.46. The molecular formula is C15H21N3O. The molecule has 2 unspecified atom stereocenters. The summed E-state index contributed by atoms with van der Waals surface area (Å²) < 4.78 is 0. The first-order chi connectivity index (χ1) is 9.28. The largest absolute Gasteiger partial charge is 0.264 e. The Morgan fingerprint density at radius 2 is 2.21 bits per heavy atom. The molecule has 4 nitrogen and oxygen atoms in total. The zero-order chi connectivity index (χ0) is 13.2. The number of unbranched alkanes of at least 4 members (excludes halogenated alkanes) is 1. The molecule has 0 N–H and O–H groups in total. The normalized spacial score (nSPS) is 25.6. The molecule has 1 saturated heterocycles. The fraction of sp³-hybridized carbons (Fsp3) is 0.600. The van der Waals surface area contributed by atoms with Gasteiger partial charge in [0.05, 0.1) is 11.7 Å². The van der Waals surface area contributed by atoms with Crippen LogP contribution < -0.4 is 5.06 Å². The maximum Gasteiger partial charge on any atom is 0.175 e. The number of hydrogen-bond acceptors (Lipinski definition) is 4. The average molecular weight is 259 g/mol. The van der Waals surface area contributed by atoms with E-state index < -0.39 is 0 Å². The van der Waals surface area contributed by atoms with Gasteiger partial charge in [0.1, 0.15) is 6.10 Å². The number of aromatic nitrogens is 2. The molecule has 19 heavy (non-hydrogen) atoms. The molecule has 1 fully saturated rings. The van der Waals surface area contributed by atoms with Crippen LogP contribution in [0.2, 0.25) is 0 Å². The number of hydroxylamine groups is 1. The highest BCUT2D eigenvalue weighted by Gasteiger charge is 2.36. The monoisotopic (exact) mass is 259 g/mol. The van der Waals surface area contributed by atoms with E-state index in [1.165, 1.54) is 24.8 Å². The summed E-state index contributed by atoms with van der Waals surface area (Å²) in [6.07, 6.45) is 8.49. The zero-order valence-electron chi connectivity index (χ0n) is 11.7. The lowest BCUT2D eigenvalue weighted by atomic mass is 9.87. The minimum atomic E-state index is 0.222. The second-order valence-corrected chi connectivity index (χ2v) is 5.44. The van der Waals surface area contributed by atoms with Crippen LogP contribution in [0.1, 0.15) is 44.7 Å². The van der Waals surface area contributed by atoms with Crippen LogP contribution in [0.25, 0.3) is 0 Å². The number of nitrogens with zero attached hydrogens (tertiary/aromatic N) is 3. The van der Waals surface area contributed by atoms with Gasteiger partial charge in [0.25, 0.3) is 0 Å². The SMILES string of the molecule is CCCCC1=CC2CCC1N(c1ccc(C)nn1)O2. The van der Waals surface area contributed by atoms with Crippen LogP contribution in [0.5, 0.6) is 0 Å². The molecule has 1 aromatic heterocycles. The second-order valence-electron chi connectivity index (χ2n) is 5.44. The van der Waals surface area contributed by atoms with Crippen molar-refractivity contribution in [3.63, 3.8) is 0 Å². The van der Waals surface area contributed by atoms with Gasteiger partial charge in [-0.25, -0.2) is 5.06 Å². The van der Waals surface area contributed by atoms with Gasteiger partial charge in [-0.15, -0.1) is 5.10 Å². The van der Waals surface area contributed by atoms with Crippen LogP contribution in [-0.2, 0) is 4.84 Å². The number of rotatable bonds is 4. The van der Waals surface area contributed by atoms with Gasteiger partial charge in [0.2, 0.25) is 0 Å². The minimum absolute atomic E-state index is 0.222. The quantitative estimate of drug-likeness (QED) is 0.778. The van der Waals surface area contributed by atoms with E-state index in [1.54, 1.807) is 0 Å². The van der Waals surface area contributed by atoms with Crippen molar-refractivity contribution >= 4 is 5.82 Å². The van der Waals surface area contributed by atoms with E-state index in [9.17, 15) is 0 Å². The molecule has 0 amide bonds. The minimum Gasteiger partial charge on any atom is -0.264 e. The van der Waals surface area contributed by atoms with E-state index >= 15 is 0 Å². The van der Waals surface area contributed by atoms with Crippen molar-refractivity contribution in [2.75, 3.05) is 5.06 Å². The first-order valence-corrected chi connectivity index (χ1v) is 7.25. The van der Waals surface area contributed by atoms with Crippen molar-refractivity contribution in [2.24, 2.45) is 0 Å². The van der Waals surface area contributed by atoms with Gasteiger partial charge in [-0.2, -0.15) is 5.10 Å². The van der Waals surface area contributed by atoms with Gasteiger partial charge in [0, 0.05) is 0 Å². The number of hydrogen-bond donors (Lipinski definition) is 0. The summed E-state index contributed by atoms with van der Waals surface area (Å²) in [6, 6.07) is 4.35. The predicted octanol–water partition coefficient (Wildman–Crippen LogP) is 3.18. The topological polar surface area (TPSA) is 38.2 Å². The van der Waals surface area contributed by atoms with E-state index in [0.29, 0.717) is 6.04 Å². The molecule has 0 radical (unpaired) electrons. The number of anilines is 1. The Balaban J connectivity index is 1.81. The Morgan fingerprint density at radius 3 is 2.89 bits per heavy atom. The maximum atomic E-state index is 5.98. The lowest BCUT2D eigenvalue weighted by Crippen LogP contribution is -2.48. The van der Waals surface area contributed by atoms with Crippen LogP contribution in [0.4, 0.5) is 5.82 Å². The summed E-state index contributed by atoms with van der Waals surface area (Å²) in [7, 11) is 0. The Labute approximate surface area is 114 Å². The predicted molar refractivity (Wildman–Crippen MR) is 74.8 cm³/mol. The van der Waals surface area contributed by atoms with Crippen molar-refractivity contribution in [3.8, 4) is 0 Å². The van der Waals surface area contributed by atoms with E-state index in [4.69, 9.17) is 4.84 Å². The number of fused-ring (bicyclic) bond motifs is 2. The Hall–Kier alpha value is -1.42. The van der Waals surface area contributed by atoms with E-state index in [-0.39, 0.29) is 6.10 Å². The lowest BCUT2D eigenvalue weighted by Gasteiger charge is -2.44. The molecule has 4 heteroatoms. The molecule has 0 saturated carbocycles. The molecule has 2 atom stereocenters. The van der Waals surface area contributed by atoms with Gasteiger partial charge in [-0.05, 0) is 50.3 Å². The van der Waals surface area contributed by atoms with Crippen LogP contribution >= 0.6 is 0 Å². The van der Waals surface area contributed by atoms with E-state index in [2.05, 4.69) is 23.2 Å². The average Bonchev–Trinajstić information content (AvgIpc) is 2.46. The molecule has 2 bridgehead atoms. The summed E-state index contributed by atoms with van der Waals surface area (Å²) in [6.45, 7) is 4.19. The molecule has 1 aliphatic carbocycles. The van der Waals surface area contributed by atoms with Crippen molar-refractivity contribution in [2.45, 2.75) is 58.1 Å². The molecule has 3 heterocycles. The maximum absolute atomic E-state index is 5.98. The van der Waals surface area contributed by atoms with Crippen LogP contribution in [0.15, 0.2) is 23.8 Å². The van der Waals surface area contributed by atoms with Crippen molar-refractivity contribution in [3.05, 3.63) is 29.5 Å². The van der Waals surface area contributed by atoms with E-state index in [0.717, 1.165) is 24.4 Å². The Morgan fingerprint density at radius 1 is 1.32 bits per heavy atom. The summed E-state index contributed by atoms with van der Waals surface area (Å²) in [4.78, 5) is 5.98. The Kier molecular flexibility index (Phi) is 3.51. The highest BCUT2D eigenvalue weighted by Crippen LogP contribution is 2.36. The second kappa shape index (κ2) is 5.29. The first kappa shape index (κ1) is 12.6. The summed E-state index contributed by atoms with van der Waals surface area (Å²) >= 11 is 0. The molecule has 3 aliphatic rings. The number of aryl methyl sites for hydroxylation is 1.